The number of nitriles is 1. The fraction of sp³-hybridized carbons (Fsp3) is 0.182. The van der Waals surface area contributed by atoms with Gasteiger partial charge in [0, 0.05) is 0 Å². The molecular weight excluding hydrogens is 222 g/mol. The van der Waals surface area contributed by atoms with Gasteiger partial charge >= 0.3 is 5.97 Å². The SMILES string of the molecule is N#Cc1ccc2c(c1)NC(CC(=O)O)C(=O)N2. The normalized spacial score (nSPS) is 17.4. The van der Waals surface area contributed by atoms with E-state index in [2.05, 4.69) is 10.6 Å². The first kappa shape index (κ1) is 11.0. The highest BCUT2D eigenvalue weighted by Crippen LogP contribution is 2.28. The Labute approximate surface area is 96.9 Å². The van der Waals surface area contributed by atoms with Crippen LogP contribution in [0.25, 0.3) is 0 Å². The Kier molecular flexibility index (Phi) is 2.66. The minimum Gasteiger partial charge on any atom is -0.481 e. The second kappa shape index (κ2) is 4.14. The van der Waals surface area contributed by atoms with Gasteiger partial charge < -0.3 is 15.7 Å². The first-order valence-corrected chi connectivity index (χ1v) is 4.93. The summed E-state index contributed by atoms with van der Waals surface area (Å²) >= 11 is 0. The summed E-state index contributed by atoms with van der Waals surface area (Å²) in [5.74, 6) is -1.44. The van der Waals surface area contributed by atoms with Gasteiger partial charge in [-0.1, -0.05) is 0 Å². The van der Waals surface area contributed by atoms with Crippen molar-refractivity contribution >= 4 is 23.3 Å². The van der Waals surface area contributed by atoms with Crippen LogP contribution in [-0.4, -0.2) is 23.0 Å². The number of aliphatic carboxylic acids is 1. The van der Waals surface area contributed by atoms with Gasteiger partial charge in [-0.15, -0.1) is 0 Å². The molecule has 0 spiro atoms. The molecule has 3 N–H and O–H groups in total. The number of hydrogen-bond acceptors (Lipinski definition) is 4. The molecular formula is C11H9N3O3. The molecule has 6 heteroatoms. The summed E-state index contributed by atoms with van der Waals surface area (Å²) in [5.41, 5.74) is 1.56. The molecule has 1 atom stereocenters. The van der Waals surface area contributed by atoms with Gasteiger partial charge in [-0.2, -0.15) is 5.26 Å². The first-order valence-electron chi connectivity index (χ1n) is 4.93. The predicted molar refractivity (Wildman–Crippen MR) is 59.5 cm³/mol. The number of anilines is 2. The van der Waals surface area contributed by atoms with Crippen LogP contribution in [0.5, 0.6) is 0 Å². The second-order valence-electron chi connectivity index (χ2n) is 3.66. The molecule has 2 rings (SSSR count). The van der Waals surface area contributed by atoms with Crippen LogP contribution in [0.15, 0.2) is 18.2 Å². The van der Waals surface area contributed by atoms with Crippen LogP contribution in [0.4, 0.5) is 11.4 Å². The molecule has 0 fully saturated rings. The van der Waals surface area contributed by atoms with E-state index in [4.69, 9.17) is 10.4 Å². The van der Waals surface area contributed by atoms with E-state index in [1.54, 1.807) is 18.2 Å². The van der Waals surface area contributed by atoms with Crippen LogP contribution < -0.4 is 10.6 Å². The van der Waals surface area contributed by atoms with Crippen LogP contribution in [0.1, 0.15) is 12.0 Å². The molecule has 1 aliphatic rings. The Bertz CT molecular complexity index is 533. The van der Waals surface area contributed by atoms with Crippen LogP contribution in [0.2, 0.25) is 0 Å². The van der Waals surface area contributed by atoms with Gasteiger partial charge in [0.25, 0.3) is 0 Å². The highest BCUT2D eigenvalue weighted by atomic mass is 16.4. The maximum absolute atomic E-state index is 11.5. The van der Waals surface area contributed by atoms with E-state index in [1.807, 2.05) is 6.07 Å². The third kappa shape index (κ3) is 2.18. The second-order valence-corrected chi connectivity index (χ2v) is 3.66. The number of amides is 1. The number of hydrogen-bond donors (Lipinski definition) is 3. The number of benzene rings is 1. The fourth-order valence-electron chi connectivity index (χ4n) is 1.63. The maximum atomic E-state index is 11.5. The largest absolute Gasteiger partial charge is 0.481 e. The average molecular weight is 231 g/mol. The van der Waals surface area contributed by atoms with E-state index < -0.39 is 12.0 Å². The van der Waals surface area contributed by atoms with Gasteiger partial charge in [0.2, 0.25) is 5.91 Å². The third-order valence-corrected chi connectivity index (χ3v) is 2.43. The molecule has 0 saturated heterocycles. The highest BCUT2D eigenvalue weighted by Gasteiger charge is 2.27. The monoisotopic (exact) mass is 231 g/mol. The van der Waals surface area contributed by atoms with Crippen molar-refractivity contribution in [3.05, 3.63) is 23.8 Å². The molecule has 1 unspecified atom stereocenters. The minimum absolute atomic E-state index is 0.304. The lowest BCUT2D eigenvalue weighted by Crippen LogP contribution is -2.40. The summed E-state index contributed by atoms with van der Waals surface area (Å²) in [6, 6.07) is 5.93. The number of fused-ring (bicyclic) bond motifs is 1. The number of rotatable bonds is 2. The molecule has 0 saturated carbocycles. The van der Waals surface area contributed by atoms with E-state index >= 15 is 0 Å². The van der Waals surface area contributed by atoms with Crippen LogP contribution in [0.3, 0.4) is 0 Å². The van der Waals surface area contributed by atoms with Gasteiger partial charge in [0.15, 0.2) is 0 Å². The lowest BCUT2D eigenvalue weighted by Gasteiger charge is -2.25. The molecule has 1 heterocycles. The summed E-state index contributed by atoms with van der Waals surface area (Å²) in [6.07, 6.45) is -0.304. The Morgan fingerprint density at radius 3 is 2.88 bits per heavy atom. The summed E-state index contributed by atoms with van der Waals surface area (Å²) in [4.78, 5) is 22.1. The topological polar surface area (TPSA) is 102 Å². The summed E-state index contributed by atoms with van der Waals surface area (Å²) in [6.45, 7) is 0. The quantitative estimate of drug-likeness (QED) is 0.697. The van der Waals surface area contributed by atoms with Gasteiger partial charge in [-0.05, 0) is 18.2 Å². The van der Waals surface area contributed by atoms with E-state index in [1.165, 1.54) is 0 Å². The molecule has 86 valence electrons. The summed E-state index contributed by atoms with van der Waals surface area (Å²) < 4.78 is 0. The number of nitrogens with one attached hydrogen (secondary N) is 2. The molecule has 0 bridgehead atoms. The fourth-order valence-corrected chi connectivity index (χ4v) is 1.63. The van der Waals surface area contributed by atoms with E-state index in [0.29, 0.717) is 16.9 Å². The zero-order valence-corrected chi connectivity index (χ0v) is 8.73. The van der Waals surface area contributed by atoms with E-state index in [0.717, 1.165) is 0 Å². The van der Waals surface area contributed by atoms with Gasteiger partial charge in [-0.3, -0.25) is 9.59 Å². The number of carbonyl (C=O) groups is 2. The van der Waals surface area contributed by atoms with Crippen molar-refractivity contribution < 1.29 is 14.7 Å². The standard InChI is InChI=1S/C11H9N3O3/c12-5-6-1-2-7-8(3-6)13-9(4-10(15)16)11(17)14-7/h1-3,9,13H,4H2,(H,14,17)(H,15,16). The molecule has 6 nitrogen and oxygen atoms in total. The van der Waals surface area contributed by atoms with Crippen LogP contribution >= 0.6 is 0 Å². The zero-order chi connectivity index (χ0) is 12.4. The molecule has 0 aliphatic carbocycles. The molecule has 1 aliphatic heterocycles. The molecule has 17 heavy (non-hydrogen) atoms. The highest BCUT2D eigenvalue weighted by molar-refractivity contribution is 6.04. The van der Waals surface area contributed by atoms with Gasteiger partial charge in [0.05, 0.1) is 29.4 Å². The van der Waals surface area contributed by atoms with Crippen LogP contribution in [-0.2, 0) is 9.59 Å². The molecule has 1 aromatic carbocycles. The maximum Gasteiger partial charge on any atom is 0.305 e. The molecule has 0 radical (unpaired) electrons. The number of carboxylic acid groups (broad SMARTS) is 1. The smallest absolute Gasteiger partial charge is 0.305 e. The zero-order valence-electron chi connectivity index (χ0n) is 8.73. The first-order chi connectivity index (χ1) is 8.10. The van der Waals surface area contributed by atoms with E-state index in [9.17, 15) is 9.59 Å². The molecule has 1 aromatic rings. The lowest BCUT2D eigenvalue weighted by atomic mass is 10.1. The van der Waals surface area contributed by atoms with Crippen molar-refractivity contribution in [1.29, 1.82) is 5.26 Å². The number of carboxylic acids is 1. The molecule has 0 aromatic heterocycles. The number of nitrogens with zero attached hydrogens (tertiary/aromatic N) is 1. The summed E-state index contributed by atoms with van der Waals surface area (Å²) in [5, 5.41) is 22.8. The lowest BCUT2D eigenvalue weighted by molar-refractivity contribution is -0.138. The Hall–Kier alpha value is -2.55. The van der Waals surface area contributed by atoms with Crippen molar-refractivity contribution in [3.63, 3.8) is 0 Å². The Morgan fingerprint density at radius 2 is 2.24 bits per heavy atom. The van der Waals surface area contributed by atoms with Crippen molar-refractivity contribution in [2.75, 3.05) is 10.6 Å². The number of carbonyl (C=O) groups excluding carboxylic acids is 1. The van der Waals surface area contributed by atoms with Crippen molar-refractivity contribution in [3.8, 4) is 6.07 Å². The average Bonchev–Trinajstić information content (AvgIpc) is 2.29. The third-order valence-electron chi connectivity index (χ3n) is 2.43. The van der Waals surface area contributed by atoms with Crippen molar-refractivity contribution in [2.45, 2.75) is 12.5 Å². The predicted octanol–water partition coefficient (Wildman–Crippen LogP) is 0.766. The van der Waals surface area contributed by atoms with E-state index in [-0.39, 0.29) is 12.3 Å². The van der Waals surface area contributed by atoms with Crippen LogP contribution in [0, 0.1) is 11.3 Å². The minimum atomic E-state index is -1.06. The van der Waals surface area contributed by atoms with Gasteiger partial charge in [0.1, 0.15) is 6.04 Å². The van der Waals surface area contributed by atoms with Crippen molar-refractivity contribution in [1.82, 2.24) is 0 Å². The van der Waals surface area contributed by atoms with Gasteiger partial charge in [-0.25, -0.2) is 0 Å². The summed E-state index contributed by atoms with van der Waals surface area (Å²) in [7, 11) is 0. The van der Waals surface area contributed by atoms with Crippen molar-refractivity contribution in [2.24, 2.45) is 0 Å². The molecule has 1 amide bonds. The Morgan fingerprint density at radius 1 is 1.47 bits per heavy atom. The Balaban J connectivity index is 2.29.